The van der Waals surface area contributed by atoms with Gasteiger partial charge in [-0.05, 0) is 85.7 Å². The average Bonchev–Trinajstić information content (AvgIpc) is 2.64. The molecule has 5 heteroatoms. The molecule has 0 heterocycles. The van der Waals surface area contributed by atoms with Gasteiger partial charge in [0.25, 0.3) is 0 Å². The highest BCUT2D eigenvalue weighted by Crippen LogP contribution is 2.50. The van der Waals surface area contributed by atoms with E-state index in [1.807, 2.05) is 6.92 Å². The molecule has 2 bridgehead atoms. The summed E-state index contributed by atoms with van der Waals surface area (Å²) in [6.07, 6.45) is 10.5. The van der Waals surface area contributed by atoms with Crippen molar-refractivity contribution in [1.29, 1.82) is 0 Å². The molecule has 0 radical (unpaired) electrons. The predicted octanol–water partition coefficient (Wildman–Crippen LogP) is 6.14. The number of carbonyl (C=O) groups is 1. The van der Waals surface area contributed by atoms with Crippen molar-refractivity contribution in [2.45, 2.75) is 78.2 Å². The summed E-state index contributed by atoms with van der Waals surface area (Å²) in [6, 6.07) is 0. The Hall–Kier alpha value is -0.870. The quantitative estimate of drug-likeness (QED) is 0.356. The zero-order chi connectivity index (χ0) is 21.0. The van der Waals surface area contributed by atoms with Crippen LogP contribution in [0.15, 0.2) is 22.5 Å². The summed E-state index contributed by atoms with van der Waals surface area (Å²) >= 11 is 6.53. The normalized spacial score (nSPS) is 35.8. The van der Waals surface area contributed by atoms with Crippen LogP contribution >= 0.6 is 11.6 Å². The number of hydrogen-bond donors (Lipinski definition) is 1. The number of allylic oxidation sites excluding steroid dienone is 2. The van der Waals surface area contributed by atoms with Crippen LogP contribution < -0.4 is 5.32 Å². The first-order valence-corrected chi connectivity index (χ1v) is 11.7. The van der Waals surface area contributed by atoms with Gasteiger partial charge in [-0.25, -0.2) is 4.39 Å². The Bertz CT molecular complexity index is 629. The van der Waals surface area contributed by atoms with Crippen LogP contribution in [-0.4, -0.2) is 25.7 Å². The number of amides is 1. The summed E-state index contributed by atoms with van der Waals surface area (Å²) in [5, 5.41) is 3.27. The van der Waals surface area contributed by atoms with E-state index in [2.05, 4.69) is 19.2 Å². The molecular formula is C24H37ClFNO2. The Balaban J connectivity index is 1.52. The third kappa shape index (κ3) is 6.07. The van der Waals surface area contributed by atoms with Crippen molar-refractivity contribution in [3.8, 4) is 0 Å². The van der Waals surface area contributed by atoms with Gasteiger partial charge >= 0.3 is 0 Å². The van der Waals surface area contributed by atoms with Gasteiger partial charge in [-0.1, -0.05) is 32.4 Å². The highest BCUT2D eigenvalue weighted by Gasteiger charge is 2.41. The van der Waals surface area contributed by atoms with E-state index in [-0.39, 0.29) is 29.7 Å². The van der Waals surface area contributed by atoms with Crippen molar-refractivity contribution < 1.29 is 13.9 Å². The van der Waals surface area contributed by atoms with Crippen molar-refractivity contribution in [3.63, 3.8) is 0 Å². The van der Waals surface area contributed by atoms with Crippen molar-refractivity contribution in [2.75, 3.05) is 13.2 Å². The lowest BCUT2D eigenvalue weighted by Crippen LogP contribution is -2.39. The molecule has 3 nitrogen and oxygen atoms in total. The van der Waals surface area contributed by atoms with Gasteiger partial charge in [-0.15, -0.1) is 0 Å². The maximum Gasteiger partial charge on any atom is 0.207 e. The van der Waals surface area contributed by atoms with E-state index in [1.165, 1.54) is 32.1 Å². The van der Waals surface area contributed by atoms with Crippen LogP contribution in [0.3, 0.4) is 0 Å². The molecule has 4 atom stereocenters. The standard InChI is InChI=1S/C24H37ClFNO2/c1-16-7-18-9-19(8-16)13-24(3,12-18)14-29-23-11-22(26)20(10-21(23)25)17(2)5-4-6-27-15-28/h10,15-19,23H,4-9,11-14H2,1-3H3,(H,27,28). The number of ether oxygens (including phenoxy) is 1. The highest BCUT2D eigenvalue weighted by atomic mass is 35.5. The molecule has 164 valence electrons. The number of rotatable bonds is 9. The molecule has 0 spiro atoms. The van der Waals surface area contributed by atoms with Gasteiger partial charge in [-0.3, -0.25) is 4.79 Å². The van der Waals surface area contributed by atoms with Crippen LogP contribution in [0, 0.1) is 29.1 Å². The van der Waals surface area contributed by atoms with Crippen LogP contribution in [0.2, 0.25) is 0 Å². The molecule has 3 aliphatic carbocycles. The van der Waals surface area contributed by atoms with Crippen LogP contribution in [0.1, 0.15) is 72.1 Å². The molecule has 2 fully saturated rings. The second-order valence-electron chi connectivity index (χ2n) is 10.3. The summed E-state index contributed by atoms with van der Waals surface area (Å²) < 4.78 is 21.0. The lowest BCUT2D eigenvalue weighted by molar-refractivity contribution is -0.109. The Kier molecular flexibility index (Phi) is 7.83. The molecule has 0 aliphatic heterocycles. The molecule has 4 unspecified atom stereocenters. The largest absolute Gasteiger partial charge is 0.372 e. The molecule has 0 aromatic heterocycles. The van der Waals surface area contributed by atoms with Crippen LogP contribution in [0.5, 0.6) is 0 Å². The van der Waals surface area contributed by atoms with Gasteiger partial charge in [0.15, 0.2) is 0 Å². The van der Waals surface area contributed by atoms with Gasteiger partial charge in [0, 0.05) is 18.0 Å². The lowest BCUT2D eigenvalue weighted by atomic mass is 9.60. The van der Waals surface area contributed by atoms with E-state index < -0.39 is 0 Å². The first-order valence-electron chi connectivity index (χ1n) is 11.3. The molecule has 2 saturated carbocycles. The topological polar surface area (TPSA) is 38.3 Å². The predicted molar refractivity (Wildman–Crippen MR) is 116 cm³/mol. The molecular weight excluding hydrogens is 389 g/mol. The molecule has 3 aliphatic rings. The van der Waals surface area contributed by atoms with E-state index in [0.717, 1.165) is 30.6 Å². The summed E-state index contributed by atoms with van der Waals surface area (Å²) in [4.78, 5) is 10.3. The smallest absolute Gasteiger partial charge is 0.207 e. The van der Waals surface area contributed by atoms with Gasteiger partial charge in [-0.2, -0.15) is 0 Å². The van der Waals surface area contributed by atoms with Crippen LogP contribution in [0.25, 0.3) is 0 Å². The molecule has 1 amide bonds. The van der Waals surface area contributed by atoms with Crippen molar-refractivity contribution >= 4 is 18.0 Å². The molecule has 0 aromatic rings. The maximum atomic E-state index is 14.8. The first kappa shape index (κ1) is 22.8. The first-order chi connectivity index (χ1) is 13.8. The number of carbonyl (C=O) groups excluding carboxylic acids is 1. The molecule has 29 heavy (non-hydrogen) atoms. The van der Waals surface area contributed by atoms with Crippen LogP contribution in [-0.2, 0) is 9.53 Å². The number of hydrogen-bond acceptors (Lipinski definition) is 2. The van der Waals surface area contributed by atoms with E-state index in [4.69, 9.17) is 16.3 Å². The third-order valence-corrected chi connectivity index (χ3v) is 7.54. The SMILES string of the molecule is CC1CC2CC(C1)CC(C)(COC1CC(F)=C(C(C)CCCNC=O)C=C1Cl)C2. The summed E-state index contributed by atoms with van der Waals surface area (Å²) in [5.41, 5.74) is 0.873. The Morgan fingerprint density at radius 1 is 1.34 bits per heavy atom. The zero-order valence-corrected chi connectivity index (χ0v) is 18.9. The summed E-state index contributed by atoms with van der Waals surface area (Å²) in [5.74, 6) is 2.47. The number of fused-ring (bicyclic) bond motifs is 2. The van der Waals surface area contributed by atoms with Crippen molar-refractivity contribution in [1.82, 2.24) is 5.32 Å². The molecule has 3 rings (SSSR count). The van der Waals surface area contributed by atoms with Crippen molar-refractivity contribution in [2.24, 2.45) is 29.1 Å². The highest BCUT2D eigenvalue weighted by molar-refractivity contribution is 6.30. The van der Waals surface area contributed by atoms with E-state index in [0.29, 0.717) is 30.2 Å². The minimum Gasteiger partial charge on any atom is -0.372 e. The second-order valence-corrected chi connectivity index (χ2v) is 10.7. The van der Waals surface area contributed by atoms with Gasteiger partial charge in [0.1, 0.15) is 5.83 Å². The minimum absolute atomic E-state index is 0.0791. The Labute approximate surface area is 180 Å². The second kappa shape index (κ2) is 9.96. The fourth-order valence-corrected chi connectivity index (χ4v) is 6.36. The summed E-state index contributed by atoms with van der Waals surface area (Å²) in [6.45, 7) is 8.03. The van der Waals surface area contributed by atoms with Crippen molar-refractivity contribution in [3.05, 3.63) is 22.5 Å². The fraction of sp³-hybridized carbons (Fsp3) is 0.792. The number of halogens is 2. The Morgan fingerprint density at radius 3 is 2.69 bits per heavy atom. The van der Waals surface area contributed by atoms with Crippen LogP contribution in [0.4, 0.5) is 4.39 Å². The van der Waals surface area contributed by atoms with E-state index in [1.54, 1.807) is 6.08 Å². The van der Waals surface area contributed by atoms with Gasteiger partial charge in [0.2, 0.25) is 6.41 Å². The maximum absolute atomic E-state index is 14.8. The van der Waals surface area contributed by atoms with Gasteiger partial charge < -0.3 is 10.1 Å². The Morgan fingerprint density at radius 2 is 2.03 bits per heavy atom. The third-order valence-electron chi connectivity index (χ3n) is 7.19. The van der Waals surface area contributed by atoms with E-state index in [9.17, 15) is 9.18 Å². The average molecular weight is 426 g/mol. The molecule has 0 aromatic carbocycles. The summed E-state index contributed by atoms with van der Waals surface area (Å²) in [7, 11) is 0. The monoisotopic (exact) mass is 425 g/mol. The lowest BCUT2D eigenvalue weighted by Gasteiger charge is -2.47. The molecule has 1 N–H and O–H groups in total. The zero-order valence-electron chi connectivity index (χ0n) is 18.2. The van der Waals surface area contributed by atoms with E-state index >= 15 is 0 Å². The molecule has 0 saturated heterocycles. The minimum atomic E-state index is -0.359. The number of nitrogens with one attached hydrogen (secondary N) is 1. The van der Waals surface area contributed by atoms with Gasteiger partial charge in [0.05, 0.1) is 12.7 Å². The fourth-order valence-electron chi connectivity index (χ4n) is 6.10.